The van der Waals surface area contributed by atoms with E-state index in [2.05, 4.69) is 24.8 Å². The second-order valence-corrected chi connectivity index (χ2v) is 5.25. The van der Waals surface area contributed by atoms with Crippen LogP contribution >= 0.6 is 0 Å². The third-order valence-corrected chi connectivity index (χ3v) is 3.29. The Bertz CT molecular complexity index is 360. The smallest absolute Gasteiger partial charge is 0.147 e. The maximum atomic E-state index is 5.67. The first-order chi connectivity index (χ1) is 10.7. The van der Waals surface area contributed by atoms with E-state index in [0.29, 0.717) is 19.6 Å². The predicted molar refractivity (Wildman–Crippen MR) is 91.3 cm³/mol. The summed E-state index contributed by atoms with van der Waals surface area (Å²) in [5, 5.41) is 0. The summed E-state index contributed by atoms with van der Waals surface area (Å²) in [7, 11) is 1.65. The van der Waals surface area contributed by atoms with Crippen LogP contribution in [0.3, 0.4) is 0 Å². The Morgan fingerprint density at radius 1 is 1.18 bits per heavy atom. The fourth-order valence-electron chi connectivity index (χ4n) is 1.93. The number of ether oxygens (including phenoxy) is 3. The Kier molecular flexibility index (Phi) is 15.2. The van der Waals surface area contributed by atoms with Crippen LogP contribution in [0.25, 0.3) is 0 Å². The third-order valence-electron chi connectivity index (χ3n) is 3.29. The molecule has 124 valence electrons. The van der Waals surface area contributed by atoms with Gasteiger partial charge >= 0.3 is 0 Å². The lowest BCUT2D eigenvalue weighted by Gasteiger charge is -2.16. The van der Waals surface area contributed by atoms with Gasteiger partial charge < -0.3 is 14.2 Å². The Labute approximate surface area is 136 Å². The molecule has 0 aliphatic heterocycles. The highest BCUT2D eigenvalue weighted by Gasteiger charge is 2.08. The van der Waals surface area contributed by atoms with Crippen molar-refractivity contribution in [2.75, 3.05) is 27.1 Å². The molecule has 0 fully saturated rings. The van der Waals surface area contributed by atoms with Gasteiger partial charge in [-0.25, -0.2) is 0 Å². The zero-order chi connectivity index (χ0) is 16.5. The molecule has 0 bridgehead atoms. The first-order valence-corrected chi connectivity index (χ1v) is 7.95. The summed E-state index contributed by atoms with van der Waals surface area (Å²) in [5.74, 6) is 5.33. The summed E-state index contributed by atoms with van der Waals surface area (Å²) in [6, 6.07) is 0. The molecule has 0 radical (unpaired) electrons. The lowest BCUT2D eigenvalue weighted by molar-refractivity contribution is -0.0975. The molecule has 3 nitrogen and oxygen atoms in total. The Hall–Kier alpha value is -1.26. The highest BCUT2D eigenvalue weighted by atomic mass is 16.7. The molecule has 0 saturated carbocycles. The van der Waals surface area contributed by atoms with Gasteiger partial charge in [0, 0.05) is 20.0 Å². The second-order valence-electron chi connectivity index (χ2n) is 5.25. The van der Waals surface area contributed by atoms with Crippen LogP contribution in [0.5, 0.6) is 0 Å². The molecule has 0 rings (SSSR count). The molecule has 0 amide bonds. The predicted octanol–water partition coefficient (Wildman–Crippen LogP) is 3.94. The lowest BCUT2D eigenvalue weighted by Crippen LogP contribution is -2.16. The molecule has 0 aromatic rings. The molecule has 22 heavy (non-hydrogen) atoms. The number of hydrogen-bond acceptors (Lipinski definition) is 3. The monoisotopic (exact) mass is 306 g/mol. The first kappa shape index (κ1) is 20.7. The number of rotatable bonds is 14. The Morgan fingerprint density at radius 2 is 2.00 bits per heavy atom. The quantitative estimate of drug-likeness (QED) is 0.211. The standard InChI is InChI=1S/C19H30O3/c1-5-7-8-9-10-12-18(3)13-14-19(11-6-2)22-17-21-16-15-20-4/h1-2,12,19H,7-11,13-17H2,3-4H3/b18-12+/t19-/m0/s1. The second kappa shape index (κ2) is 16.1. The zero-order valence-corrected chi connectivity index (χ0v) is 14.1. The largest absolute Gasteiger partial charge is 0.382 e. The van der Waals surface area contributed by atoms with Crippen LogP contribution in [0.1, 0.15) is 51.9 Å². The van der Waals surface area contributed by atoms with Gasteiger partial charge in [0.05, 0.1) is 19.3 Å². The Balaban J connectivity index is 3.85. The zero-order valence-electron chi connectivity index (χ0n) is 14.1. The van der Waals surface area contributed by atoms with Gasteiger partial charge in [0.1, 0.15) is 6.79 Å². The number of hydrogen-bond donors (Lipinski definition) is 0. The number of allylic oxidation sites excluding steroid dienone is 2. The highest BCUT2D eigenvalue weighted by Crippen LogP contribution is 2.14. The molecule has 1 atom stereocenters. The van der Waals surface area contributed by atoms with Gasteiger partial charge in [-0.1, -0.05) is 11.6 Å². The van der Waals surface area contributed by atoms with Crippen molar-refractivity contribution in [3.8, 4) is 24.7 Å². The summed E-state index contributed by atoms with van der Waals surface area (Å²) in [6.07, 6.45) is 19.7. The normalized spacial score (nSPS) is 12.6. The molecule has 0 heterocycles. The van der Waals surface area contributed by atoms with Crippen molar-refractivity contribution in [3.05, 3.63) is 11.6 Å². The molecule has 0 aromatic carbocycles. The fraction of sp³-hybridized carbons (Fsp3) is 0.684. The molecule has 0 spiro atoms. The summed E-state index contributed by atoms with van der Waals surface area (Å²) >= 11 is 0. The van der Waals surface area contributed by atoms with E-state index in [4.69, 9.17) is 27.1 Å². The number of terminal acetylenes is 2. The van der Waals surface area contributed by atoms with E-state index in [0.717, 1.165) is 38.5 Å². The number of methoxy groups -OCH3 is 1. The molecule has 0 aromatic heterocycles. The van der Waals surface area contributed by atoms with E-state index in [1.54, 1.807) is 7.11 Å². The van der Waals surface area contributed by atoms with E-state index in [9.17, 15) is 0 Å². The minimum absolute atomic E-state index is 0.0531. The average molecular weight is 306 g/mol. The number of unbranched alkanes of at least 4 members (excludes halogenated alkanes) is 3. The van der Waals surface area contributed by atoms with Crippen molar-refractivity contribution in [1.82, 2.24) is 0 Å². The van der Waals surface area contributed by atoms with Crippen molar-refractivity contribution in [2.45, 2.75) is 58.0 Å². The van der Waals surface area contributed by atoms with Crippen LogP contribution in [-0.4, -0.2) is 33.2 Å². The SMILES string of the molecule is C#CCCCC/C=C(\C)CC[C@H](CC#C)OCOCCOC. The van der Waals surface area contributed by atoms with Crippen LogP contribution in [0.2, 0.25) is 0 Å². The van der Waals surface area contributed by atoms with Gasteiger partial charge in [0.15, 0.2) is 0 Å². The van der Waals surface area contributed by atoms with Gasteiger partial charge in [-0.15, -0.1) is 24.7 Å². The maximum Gasteiger partial charge on any atom is 0.147 e. The maximum absolute atomic E-state index is 5.67. The Morgan fingerprint density at radius 3 is 2.68 bits per heavy atom. The molecule has 0 aliphatic rings. The van der Waals surface area contributed by atoms with Crippen LogP contribution < -0.4 is 0 Å². The molecular weight excluding hydrogens is 276 g/mol. The average Bonchev–Trinajstić information content (AvgIpc) is 2.52. The minimum atomic E-state index is 0.0531. The van der Waals surface area contributed by atoms with Crippen LogP contribution in [-0.2, 0) is 14.2 Å². The summed E-state index contributed by atoms with van der Waals surface area (Å²) < 4.78 is 15.9. The lowest BCUT2D eigenvalue weighted by atomic mass is 10.0. The van der Waals surface area contributed by atoms with Crippen molar-refractivity contribution in [1.29, 1.82) is 0 Å². The molecule has 3 heteroatoms. The summed E-state index contributed by atoms with van der Waals surface area (Å²) in [6.45, 7) is 3.54. The van der Waals surface area contributed by atoms with E-state index < -0.39 is 0 Å². The van der Waals surface area contributed by atoms with E-state index in [1.807, 2.05) is 0 Å². The third kappa shape index (κ3) is 13.7. The van der Waals surface area contributed by atoms with Crippen LogP contribution in [0.4, 0.5) is 0 Å². The van der Waals surface area contributed by atoms with Crippen LogP contribution in [0.15, 0.2) is 11.6 Å². The molecule has 0 aliphatic carbocycles. The summed E-state index contributed by atoms with van der Waals surface area (Å²) in [5.41, 5.74) is 1.38. The van der Waals surface area contributed by atoms with Gasteiger partial charge in [0.2, 0.25) is 0 Å². The molecule has 0 saturated heterocycles. The minimum Gasteiger partial charge on any atom is -0.382 e. The van der Waals surface area contributed by atoms with Gasteiger partial charge in [-0.3, -0.25) is 0 Å². The highest BCUT2D eigenvalue weighted by molar-refractivity contribution is 4.99. The van der Waals surface area contributed by atoms with Crippen molar-refractivity contribution < 1.29 is 14.2 Å². The topological polar surface area (TPSA) is 27.7 Å². The van der Waals surface area contributed by atoms with E-state index in [-0.39, 0.29) is 12.9 Å². The van der Waals surface area contributed by atoms with Crippen LogP contribution in [0, 0.1) is 24.7 Å². The molecule has 0 N–H and O–H groups in total. The fourth-order valence-corrected chi connectivity index (χ4v) is 1.93. The van der Waals surface area contributed by atoms with E-state index >= 15 is 0 Å². The van der Waals surface area contributed by atoms with Crippen molar-refractivity contribution in [3.63, 3.8) is 0 Å². The van der Waals surface area contributed by atoms with Gasteiger partial charge in [-0.2, -0.15) is 0 Å². The van der Waals surface area contributed by atoms with E-state index in [1.165, 1.54) is 5.57 Å². The van der Waals surface area contributed by atoms with Gasteiger partial charge in [-0.05, 0) is 39.0 Å². The summed E-state index contributed by atoms with van der Waals surface area (Å²) in [4.78, 5) is 0. The van der Waals surface area contributed by atoms with Crippen molar-refractivity contribution in [2.24, 2.45) is 0 Å². The first-order valence-electron chi connectivity index (χ1n) is 7.95. The van der Waals surface area contributed by atoms with Gasteiger partial charge in [0.25, 0.3) is 0 Å². The molecular formula is C19H30O3. The van der Waals surface area contributed by atoms with Crippen molar-refractivity contribution >= 4 is 0 Å². The molecule has 0 unspecified atom stereocenters.